The van der Waals surface area contributed by atoms with Crippen molar-refractivity contribution in [3.63, 3.8) is 0 Å². The Morgan fingerprint density at radius 3 is 2.60 bits per heavy atom. The maximum absolute atomic E-state index is 11.9. The third kappa shape index (κ3) is 4.13. The fraction of sp³-hybridized carbons (Fsp3) is 0.429. The summed E-state index contributed by atoms with van der Waals surface area (Å²) in [5, 5.41) is 14.8. The van der Waals surface area contributed by atoms with Gasteiger partial charge in [-0.2, -0.15) is 0 Å². The van der Waals surface area contributed by atoms with Gasteiger partial charge in [0, 0.05) is 10.7 Å². The van der Waals surface area contributed by atoms with Crippen LogP contribution in [0.2, 0.25) is 5.02 Å². The van der Waals surface area contributed by atoms with Crippen molar-refractivity contribution >= 4 is 29.3 Å². The van der Waals surface area contributed by atoms with E-state index in [1.54, 1.807) is 18.2 Å². The average molecular weight is 299 g/mol. The zero-order chi connectivity index (χ0) is 15.3. The third-order valence-corrected chi connectivity index (χ3v) is 3.29. The summed E-state index contributed by atoms with van der Waals surface area (Å²) in [7, 11) is 0. The Morgan fingerprint density at radius 2 is 2.05 bits per heavy atom. The molecule has 0 saturated heterocycles. The molecule has 2 amide bonds. The molecule has 3 N–H and O–H groups in total. The molecule has 1 aromatic carbocycles. The number of hydrogen-bond acceptors (Lipinski definition) is 2. The van der Waals surface area contributed by atoms with Crippen LogP contribution in [0.25, 0.3) is 0 Å². The first-order valence-electron chi connectivity index (χ1n) is 6.37. The Bertz CT molecular complexity index is 519. The quantitative estimate of drug-likeness (QED) is 0.779. The molecule has 110 valence electrons. The van der Waals surface area contributed by atoms with Gasteiger partial charge < -0.3 is 15.7 Å². The molecule has 0 spiro atoms. The SMILES string of the molecule is CCCC(C)(NC(=O)Nc1cc(Cl)ccc1C)C(=O)O. The molecule has 6 heteroatoms. The molecule has 0 radical (unpaired) electrons. The van der Waals surface area contributed by atoms with Gasteiger partial charge in [0.1, 0.15) is 5.54 Å². The Kier molecular flexibility index (Phi) is 5.39. The molecule has 0 bridgehead atoms. The van der Waals surface area contributed by atoms with Crippen LogP contribution in [0.3, 0.4) is 0 Å². The van der Waals surface area contributed by atoms with E-state index in [2.05, 4.69) is 10.6 Å². The number of benzene rings is 1. The number of carbonyl (C=O) groups is 2. The van der Waals surface area contributed by atoms with E-state index in [0.717, 1.165) is 5.56 Å². The van der Waals surface area contributed by atoms with Crippen molar-refractivity contribution in [2.45, 2.75) is 39.2 Å². The lowest BCUT2D eigenvalue weighted by atomic mass is 9.97. The van der Waals surface area contributed by atoms with Crippen molar-refractivity contribution in [3.8, 4) is 0 Å². The second-order valence-corrected chi connectivity index (χ2v) is 5.36. The number of carboxylic acids is 1. The molecule has 1 rings (SSSR count). The first kappa shape index (κ1) is 16.3. The first-order valence-corrected chi connectivity index (χ1v) is 6.75. The van der Waals surface area contributed by atoms with Crippen LogP contribution in [-0.2, 0) is 4.79 Å². The van der Waals surface area contributed by atoms with Crippen molar-refractivity contribution in [1.29, 1.82) is 0 Å². The summed E-state index contributed by atoms with van der Waals surface area (Å²) < 4.78 is 0. The monoisotopic (exact) mass is 298 g/mol. The molecule has 20 heavy (non-hydrogen) atoms. The molecular weight excluding hydrogens is 280 g/mol. The topological polar surface area (TPSA) is 78.4 Å². The van der Waals surface area contributed by atoms with E-state index in [0.29, 0.717) is 23.6 Å². The second-order valence-electron chi connectivity index (χ2n) is 4.93. The molecule has 0 fully saturated rings. The van der Waals surface area contributed by atoms with Gasteiger partial charge in [0.05, 0.1) is 0 Å². The number of carbonyl (C=O) groups excluding carboxylic acids is 1. The summed E-state index contributed by atoms with van der Waals surface area (Å²) >= 11 is 5.87. The normalized spacial score (nSPS) is 13.4. The number of amides is 2. The molecule has 0 aromatic heterocycles. The Hall–Kier alpha value is -1.75. The first-order chi connectivity index (χ1) is 9.28. The highest BCUT2D eigenvalue weighted by Crippen LogP contribution is 2.20. The van der Waals surface area contributed by atoms with Gasteiger partial charge in [0.25, 0.3) is 0 Å². The number of aliphatic carboxylic acids is 1. The number of halogens is 1. The van der Waals surface area contributed by atoms with Crippen LogP contribution in [-0.4, -0.2) is 22.6 Å². The predicted molar refractivity (Wildman–Crippen MR) is 79.3 cm³/mol. The minimum Gasteiger partial charge on any atom is -0.480 e. The smallest absolute Gasteiger partial charge is 0.329 e. The lowest BCUT2D eigenvalue weighted by molar-refractivity contribution is -0.143. The van der Waals surface area contributed by atoms with Gasteiger partial charge in [-0.1, -0.05) is 31.0 Å². The van der Waals surface area contributed by atoms with E-state index < -0.39 is 17.5 Å². The molecule has 5 nitrogen and oxygen atoms in total. The van der Waals surface area contributed by atoms with Crippen LogP contribution in [0.5, 0.6) is 0 Å². The highest BCUT2D eigenvalue weighted by Gasteiger charge is 2.33. The minimum absolute atomic E-state index is 0.351. The fourth-order valence-corrected chi connectivity index (χ4v) is 2.03. The maximum atomic E-state index is 11.9. The summed E-state index contributed by atoms with van der Waals surface area (Å²) in [4.78, 5) is 23.2. The zero-order valence-corrected chi connectivity index (χ0v) is 12.5. The van der Waals surface area contributed by atoms with E-state index in [-0.39, 0.29) is 0 Å². The van der Waals surface area contributed by atoms with Gasteiger partial charge in [-0.05, 0) is 38.0 Å². The van der Waals surface area contributed by atoms with Gasteiger partial charge in [0.2, 0.25) is 0 Å². The van der Waals surface area contributed by atoms with Gasteiger partial charge in [-0.15, -0.1) is 0 Å². The van der Waals surface area contributed by atoms with Crippen molar-refractivity contribution < 1.29 is 14.7 Å². The summed E-state index contributed by atoms with van der Waals surface area (Å²) in [5.41, 5.74) is 0.113. The van der Waals surface area contributed by atoms with Crippen LogP contribution < -0.4 is 10.6 Å². The van der Waals surface area contributed by atoms with E-state index in [4.69, 9.17) is 11.6 Å². The van der Waals surface area contributed by atoms with Crippen molar-refractivity contribution in [1.82, 2.24) is 5.32 Å². The molecule has 1 unspecified atom stereocenters. The summed E-state index contributed by atoms with van der Waals surface area (Å²) in [6, 6.07) is 4.56. The standard InChI is InChI=1S/C14H19ClN2O3/c1-4-7-14(3,12(18)19)17-13(20)16-11-8-10(15)6-5-9(11)2/h5-6,8H,4,7H2,1-3H3,(H,18,19)(H2,16,17,20). The highest BCUT2D eigenvalue weighted by atomic mass is 35.5. The average Bonchev–Trinajstić information content (AvgIpc) is 2.33. The van der Waals surface area contributed by atoms with Crippen LogP contribution in [0.1, 0.15) is 32.3 Å². The van der Waals surface area contributed by atoms with Crippen molar-refractivity contribution in [2.75, 3.05) is 5.32 Å². The number of rotatable bonds is 5. The molecule has 0 aliphatic carbocycles. The second kappa shape index (κ2) is 6.61. The minimum atomic E-state index is -1.29. The Labute approximate surface area is 123 Å². The van der Waals surface area contributed by atoms with Crippen molar-refractivity contribution in [3.05, 3.63) is 28.8 Å². The summed E-state index contributed by atoms with van der Waals surface area (Å²) in [5.74, 6) is -1.06. The van der Waals surface area contributed by atoms with Crippen LogP contribution in [0.15, 0.2) is 18.2 Å². The van der Waals surface area contributed by atoms with Gasteiger partial charge in [0.15, 0.2) is 0 Å². The number of anilines is 1. The largest absolute Gasteiger partial charge is 0.480 e. The van der Waals surface area contributed by atoms with Crippen LogP contribution >= 0.6 is 11.6 Å². The molecule has 0 aliphatic rings. The predicted octanol–water partition coefficient (Wildman–Crippen LogP) is 3.41. The maximum Gasteiger partial charge on any atom is 0.329 e. The Balaban J connectivity index is 2.81. The molecule has 1 atom stereocenters. The van der Waals surface area contributed by atoms with E-state index in [1.165, 1.54) is 6.92 Å². The number of carboxylic acid groups (broad SMARTS) is 1. The van der Waals surface area contributed by atoms with Crippen LogP contribution in [0, 0.1) is 6.92 Å². The molecule has 1 aromatic rings. The number of urea groups is 1. The van der Waals surface area contributed by atoms with E-state index in [9.17, 15) is 14.7 Å². The van der Waals surface area contributed by atoms with E-state index >= 15 is 0 Å². The molecule has 0 heterocycles. The lowest BCUT2D eigenvalue weighted by Gasteiger charge is -2.26. The summed E-state index contributed by atoms with van der Waals surface area (Å²) in [6.07, 6.45) is 1.00. The zero-order valence-electron chi connectivity index (χ0n) is 11.8. The van der Waals surface area contributed by atoms with Gasteiger partial charge in [-0.3, -0.25) is 0 Å². The molecule has 0 aliphatic heterocycles. The summed E-state index contributed by atoms with van der Waals surface area (Å²) in [6.45, 7) is 5.18. The highest BCUT2D eigenvalue weighted by molar-refractivity contribution is 6.31. The molecule has 0 saturated carbocycles. The van der Waals surface area contributed by atoms with Crippen LogP contribution in [0.4, 0.5) is 10.5 Å². The lowest BCUT2D eigenvalue weighted by Crippen LogP contribution is -2.53. The molecular formula is C14H19ClN2O3. The fourth-order valence-electron chi connectivity index (χ4n) is 1.86. The van der Waals surface area contributed by atoms with E-state index in [1.807, 2.05) is 13.8 Å². The van der Waals surface area contributed by atoms with Crippen molar-refractivity contribution in [2.24, 2.45) is 0 Å². The Morgan fingerprint density at radius 1 is 1.40 bits per heavy atom. The third-order valence-electron chi connectivity index (χ3n) is 3.06. The number of nitrogens with one attached hydrogen (secondary N) is 2. The number of aryl methyl sites for hydroxylation is 1. The van der Waals surface area contributed by atoms with Gasteiger partial charge in [-0.25, -0.2) is 9.59 Å². The van der Waals surface area contributed by atoms with Gasteiger partial charge >= 0.3 is 12.0 Å². The number of hydrogen-bond donors (Lipinski definition) is 3.